The number of benzene rings is 2. The molecule has 2 rings (SSSR count). The Morgan fingerprint density at radius 1 is 1.14 bits per heavy atom. The predicted molar refractivity (Wildman–Crippen MR) is 85.2 cm³/mol. The lowest BCUT2D eigenvalue weighted by Crippen LogP contribution is -2.20. The van der Waals surface area contributed by atoms with Crippen molar-refractivity contribution in [1.29, 1.82) is 0 Å². The first-order chi connectivity index (χ1) is 9.97. The molecule has 1 unspecified atom stereocenters. The minimum atomic E-state index is -0.646. The number of rotatable bonds is 5. The molecule has 0 saturated carbocycles. The number of halogens is 1. The molecule has 3 heteroatoms. The summed E-state index contributed by atoms with van der Waals surface area (Å²) in [6, 6.07) is 13.2. The summed E-state index contributed by atoms with van der Waals surface area (Å²) in [6.07, 6.45) is -0.0835. The second-order valence-corrected chi connectivity index (χ2v) is 5.57. The van der Waals surface area contributed by atoms with Crippen LogP contribution in [0.4, 0.5) is 10.1 Å². The van der Waals surface area contributed by atoms with Crippen molar-refractivity contribution in [2.75, 3.05) is 18.5 Å². The van der Waals surface area contributed by atoms with Crippen LogP contribution in [0, 0.1) is 19.7 Å². The van der Waals surface area contributed by atoms with Gasteiger partial charge < -0.3 is 10.0 Å². The first-order valence-electron chi connectivity index (χ1n) is 7.19. The number of nitrogens with zero attached hydrogens (tertiary/aromatic N) is 1. The summed E-state index contributed by atoms with van der Waals surface area (Å²) in [4.78, 5) is 2.10. The van der Waals surface area contributed by atoms with E-state index in [2.05, 4.69) is 24.0 Å². The maximum atomic E-state index is 13.5. The highest BCUT2D eigenvalue weighted by Gasteiger charge is 2.11. The number of hydrogen-bond donors (Lipinski definition) is 1. The first kappa shape index (κ1) is 15.5. The highest BCUT2D eigenvalue weighted by atomic mass is 19.1. The quantitative estimate of drug-likeness (QED) is 0.898. The van der Waals surface area contributed by atoms with Crippen molar-refractivity contribution in [3.63, 3.8) is 0 Å². The second-order valence-electron chi connectivity index (χ2n) is 5.57. The Hall–Kier alpha value is -1.87. The van der Waals surface area contributed by atoms with Crippen LogP contribution < -0.4 is 4.90 Å². The Bertz CT molecular complexity index is 612. The summed E-state index contributed by atoms with van der Waals surface area (Å²) in [5.74, 6) is -0.265. The van der Waals surface area contributed by atoms with Crippen molar-refractivity contribution >= 4 is 5.69 Å². The summed E-state index contributed by atoms with van der Waals surface area (Å²) >= 11 is 0. The summed E-state index contributed by atoms with van der Waals surface area (Å²) in [5, 5.41) is 10.2. The van der Waals surface area contributed by atoms with Gasteiger partial charge in [-0.05, 0) is 55.2 Å². The van der Waals surface area contributed by atoms with Crippen molar-refractivity contribution in [3.8, 4) is 0 Å². The van der Waals surface area contributed by atoms with Gasteiger partial charge in [-0.1, -0.05) is 24.3 Å². The van der Waals surface area contributed by atoms with Crippen LogP contribution in [0.2, 0.25) is 0 Å². The lowest BCUT2D eigenvalue weighted by atomic mass is 10.0. The van der Waals surface area contributed by atoms with E-state index in [1.165, 1.54) is 11.6 Å². The molecule has 0 aliphatic heterocycles. The Kier molecular flexibility index (Phi) is 4.97. The lowest BCUT2D eigenvalue weighted by Gasteiger charge is -2.21. The number of aryl methyl sites for hydroxylation is 2. The minimum absolute atomic E-state index is 0.265. The van der Waals surface area contributed by atoms with Crippen LogP contribution in [-0.2, 0) is 0 Å². The fourth-order valence-corrected chi connectivity index (χ4v) is 2.29. The van der Waals surface area contributed by atoms with Crippen molar-refractivity contribution in [3.05, 3.63) is 65.0 Å². The molecule has 0 fully saturated rings. The highest BCUT2D eigenvalue weighted by molar-refractivity contribution is 5.47. The van der Waals surface area contributed by atoms with Crippen molar-refractivity contribution in [2.24, 2.45) is 0 Å². The van der Waals surface area contributed by atoms with Crippen LogP contribution in [0.1, 0.15) is 29.2 Å². The van der Waals surface area contributed by atoms with E-state index >= 15 is 0 Å². The van der Waals surface area contributed by atoms with E-state index < -0.39 is 6.10 Å². The van der Waals surface area contributed by atoms with E-state index in [1.54, 1.807) is 19.1 Å². The number of anilines is 1. The average molecular weight is 287 g/mol. The van der Waals surface area contributed by atoms with Crippen molar-refractivity contribution in [2.45, 2.75) is 26.4 Å². The maximum Gasteiger partial charge on any atom is 0.126 e. The van der Waals surface area contributed by atoms with Gasteiger partial charge in [0, 0.05) is 19.3 Å². The smallest absolute Gasteiger partial charge is 0.126 e. The van der Waals surface area contributed by atoms with E-state index in [0.29, 0.717) is 24.1 Å². The van der Waals surface area contributed by atoms with Gasteiger partial charge >= 0.3 is 0 Å². The van der Waals surface area contributed by atoms with Gasteiger partial charge in [-0.25, -0.2) is 4.39 Å². The van der Waals surface area contributed by atoms with Crippen LogP contribution in [0.3, 0.4) is 0 Å². The van der Waals surface area contributed by atoms with Crippen LogP contribution in [0.25, 0.3) is 0 Å². The second kappa shape index (κ2) is 6.72. The fourth-order valence-electron chi connectivity index (χ4n) is 2.29. The monoisotopic (exact) mass is 287 g/mol. The summed E-state index contributed by atoms with van der Waals surface area (Å²) in [6.45, 7) is 4.48. The molecule has 0 saturated heterocycles. The lowest BCUT2D eigenvalue weighted by molar-refractivity contribution is 0.169. The molecular formula is C18H22FNO. The Labute approximate surface area is 125 Å². The Balaban J connectivity index is 1.97. The van der Waals surface area contributed by atoms with Gasteiger partial charge in [0.15, 0.2) is 0 Å². The SMILES string of the molecule is Cc1cccc(N(C)CCC(O)c2ccc(C)c(F)c2)c1. The molecule has 0 heterocycles. The van der Waals surface area contributed by atoms with Gasteiger partial charge in [-0.3, -0.25) is 0 Å². The number of aliphatic hydroxyl groups excluding tert-OH is 1. The molecule has 0 aliphatic rings. The van der Waals surface area contributed by atoms with Crippen LogP contribution in [0.15, 0.2) is 42.5 Å². The zero-order valence-corrected chi connectivity index (χ0v) is 12.8. The molecule has 0 aliphatic carbocycles. The number of hydrogen-bond acceptors (Lipinski definition) is 2. The summed E-state index contributed by atoms with van der Waals surface area (Å²) in [7, 11) is 2.00. The molecule has 0 spiro atoms. The molecule has 0 bridgehead atoms. The van der Waals surface area contributed by atoms with Crippen molar-refractivity contribution in [1.82, 2.24) is 0 Å². The molecule has 2 nitrogen and oxygen atoms in total. The zero-order chi connectivity index (χ0) is 15.4. The van der Waals surface area contributed by atoms with Gasteiger partial charge in [0.1, 0.15) is 5.82 Å². The molecule has 1 N–H and O–H groups in total. The summed E-state index contributed by atoms with van der Waals surface area (Å²) < 4.78 is 13.5. The number of aliphatic hydroxyl groups is 1. The zero-order valence-electron chi connectivity index (χ0n) is 12.8. The van der Waals surface area contributed by atoms with Crippen LogP contribution in [-0.4, -0.2) is 18.7 Å². The third-order valence-corrected chi connectivity index (χ3v) is 3.76. The molecule has 2 aromatic rings. The highest BCUT2D eigenvalue weighted by Crippen LogP contribution is 2.21. The predicted octanol–water partition coefficient (Wildman–Crippen LogP) is 4.00. The average Bonchev–Trinajstić information content (AvgIpc) is 2.47. The van der Waals surface area contributed by atoms with Gasteiger partial charge in [0.05, 0.1) is 6.10 Å². The van der Waals surface area contributed by atoms with E-state index in [-0.39, 0.29) is 5.82 Å². The molecule has 0 amide bonds. The molecular weight excluding hydrogens is 265 g/mol. The molecule has 0 aromatic heterocycles. The van der Waals surface area contributed by atoms with Gasteiger partial charge in [0.25, 0.3) is 0 Å². The summed E-state index contributed by atoms with van der Waals surface area (Å²) in [5.41, 5.74) is 3.57. The molecule has 2 aromatic carbocycles. The van der Waals surface area contributed by atoms with E-state index in [4.69, 9.17) is 0 Å². The van der Waals surface area contributed by atoms with Gasteiger partial charge in [0.2, 0.25) is 0 Å². The minimum Gasteiger partial charge on any atom is -0.388 e. The normalized spacial score (nSPS) is 12.2. The third-order valence-electron chi connectivity index (χ3n) is 3.76. The molecule has 112 valence electrons. The Morgan fingerprint density at radius 3 is 2.57 bits per heavy atom. The third kappa shape index (κ3) is 4.05. The molecule has 1 atom stereocenters. The van der Waals surface area contributed by atoms with E-state index in [1.807, 2.05) is 19.2 Å². The van der Waals surface area contributed by atoms with Gasteiger partial charge in [-0.15, -0.1) is 0 Å². The van der Waals surface area contributed by atoms with Gasteiger partial charge in [-0.2, -0.15) is 0 Å². The Morgan fingerprint density at radius 2 is 1.90 bits per heavy atom. The standard InChI is InChI=1S/C18H22FNO/c1-13-5-4-6-16(11-13)20(3)10-9-18(21)15-8-7-14(2)17(19)12-15/h4-8,11-12,18,21H,9-10H2,1-3H3. The van der Waals surface area contributed by atoms with Crippen molar-refractivity contribution < 1.29 is 9.50 Å². The molecule has 0 radical (unpaired) electrons. The van der Waals surface area contributed by atoms with E-state index in [0.717, 1.165) is 5.69 Å². The topological polar surface area (TPSA) is 23.5 Å². The first-order valence-corrected chi connectivity index (χ1v) is 7.19. The largest absolute Gasteiger partial charge is 0.388 e. The van der Waals surface area contributed by atoms with E-state index in [9.17, 15) is 9.50 Å². The van der Waals surface area contributed by atoms with Crippen LogP contribution in [0.5, 0.6) is 0 Å². The fraction of sp³-hybridized carbons (Fsp3) is 0.333. The van der Waals surface area contributed by atoms with Crippen LogP contribution >= 0.6 is 0 Å². The molecule has 21 heavy (non-hydrogen) atoms. The maximum absolute atomic E-state index is 13.5.